The van der Waals surface area contributed by atoms with Crippen LogP contribution >= 0.6 is 0 Å². The second kappa shape index (κ2) is 6.14. The lowest BCUT2D eigenvalue weighted by Crippen LogP contribution is -2.35. The Morgan fingerprint density at radius 2 is 2.23 bits per heavy atom. The molecule has 3 heteroatoms. The molecule has 0 fully saturated rings. The first-order chi connectivity index (χ1) is 10.7. The average Bonchev–Trinajstić information content (AvgIpc) is 2.92. The second-order valence-electron chi connectivity index (χ2n) is 5.56. The van der Waals surface area contributed by atoms with Gasteiger partial charge in [0.05, 0.1) is 5.69 Å². The summed E-state index contributed by atoms with van der Waals surface area (Å²) in [6.45, 7) is 6.30. The van der Waals surface area contributed by atoms with E-state index in [9.17, 15) is 4.79 Å². The number of hydrogen-bond acceptors (Lipinski definition) is 2. The largest absolute Gasteiger partial charge is 0.309 e. The molecule has 1 unspecified atom stereocenters. The van der Waals surface area contributed by atoms with Crippen LogP contribution in [0.2, 0.25) is 0 Å². The molecule has 1 atom stereocenters. The van der Waals surface area contributed by atoms with Gasteiger partial charge in [0.15, 0.2) is 0 Å². The van der Waals surface area contributed by atoms with E-state index in [1.807, 2.05) is 30.1 Å². The number of rotatable bonds is 4. The summed E-state index contributed by atoms with van der Waals surface area (Å²) >= 11 is 0. The highest BCUT2D eigenvalue weighted by Crippen LogP contribution is 2.35. The fraction of sp³-hybridized carbons (Fsp3) is 0.263. The highest BCUT2D eigenvalue weighted by molar-refractivity contribution is 6.14. The predicted molar refractivity (Wildman–Crippen MR) is 91.6 cm³/mol. The maximum atomic E-state index is 12.5. The molecule has 22 heavy (non-hydrogen) atoms. The summed E-state index contributed by atoms with van der Waals surface area (Å²) in [5.74, 6) is 0.108. The Hall–Kier alpha value is -2.42. The van der Waals surface area contributed by atoms with Crippen molar-refractivity contribution < 1.29 is 4.79 Å². The number of carbonyl (C=O) groups is 1. The van der Waals surface area contributed by atoms with E-state index in [2.05, 4.69) is 35.8 Å². The van der Waals surface area contributed by atoms with Crippen LogP contribution in [0.4, 0.5) is 5.69 Å². The molecule has 0 bridgehead atoms. The molecule has 3 rings (SSSR count). The Balaban J connectivity index is 1.97. The number of aliphatic imine (C=N–C) groups is 1. The van der Waals surface area contributed by atoms with Crippen LogP contribution in [0.15, 0.2) is 60.2 Å². The number of hydrogen-bond donors (Lipinski definition) is 0. The van der Waals surface area contributed by atoms with Crippen LogP contribution in [0.25, 0.3) is 0 Å². The highest BCUT2D eigenvalue weighted by Gasteiger charge is 2.33. The van der Waals surface area contributed by atoms with Crippen LogP contribution in [-0.2, 0) is 11.2 Å². The maximum Gasteiger partial charge on any atom is 0.251 e. The lowest BCUT2D eigenvalue weighted by molar-refractivity contribution is -0.119. The Bertz CT molecular complexity index is 697. The van der Waals surface area contributed by atoms with Crippen LogP contribution in [0.1, 0.15) is 24.5 Å². The number of para-hydroxylation sites is 1. The van der Waals surface area contributed by atoms with Crippen LogP contribution in [0.3, 0.4) is 0 Å². The minimum atomic E-state index is -0.314. The number of nitrogens with zero attached hydrogens (tertiary/aromatic N) is 2. The third-order valence-electron chi connectivity index (χ3n) is 4.08. The van der Waals surface area contributed by atoms with Crippen molar-refractivity contribution >= 4 is 17.3 Å². The van der Waals surface area contributed by atoms with Crippen molar-refractivity contribution in [3.8, 4) is 0 Å². The monoisotopic (exact) mass is 292 g/mol. The first-order valence-electron chi connectivity index (χ1n) is 7.67. The van der Waals surface area contributed by atoms with Gasteiger partial charge in [0, 0.05) is 24.2 Å². The molecular formula is C19H20N2O. The molecule has 3 nitrogen and oxygen atoms in total. The van der Waals surface area contributed by atoms with E-state index in [1.54, 1.807) is 6.08 Å². The molecule has 0 radical (unpaired) electrons. The maximum absolute atomic E-state index is 12.5. The second-order valence-corrected chi connectivity index (χ2v) is 5.56. The summed E-state index contributed by atoms with van der Waals surface area (Å²) in [6, 6.07) is 5.94. The zero-order chi connectivity index (χ0) is 15.5. The molecule has 1 aromatic rings. The average molecular weight is 292 g/mol. The smallest absolute Gasteiger partial charge is 0.251 e. The van der Waals surface area contributed by atoms with Crippen LogP contribution in [0.5, 0.6) is 0 Å². The molecule has 1 amide bonds. The Morgan fingerprint density at radius 1 is 1.36 bits per heavy atom. The summed E-state index contributed by atoms with van der Waals surface area (Å²) in [6.07, 6.45) is 11.3. The van der Waals surface area contributed by atoms with Crippen LogP contribution < -0.4 is 4.90 Å². The Labute approximate surface area is 131 Å². The summed E-state index contributed by atoms with van der Waals surface area (Å²) in [5.41, 5.74) is 4.42. The van der Waals surface area contributed by atoms with Gasteiger partial charge in [0.25, 0.3) is 5.91 Å². The molecule has 112 valence electrons. The van der Waals surface area contributed by atoms with Gasteiger partial charge in [0.2, 0.25) is 0 Å². The predicted octanol–water partition coefficient (Wildman–Crippen LogP) is 3.46. The van der Waals surface area contributed by atoms with Gasteiger partial charge >= 0.3 is 0 Å². The number of carbonyl (C=O) groups excluding carboxylic acids is 1. The molecule has 0 saturated heterocycles. The molecule has 2 aliphatic rings. The first-order valence-corrected chi connectivity index (χ1v) is 7.67. The molecule has 2 aliphatic heterocycles. The number of anilines is 1. The molecular weight excluding hydrogens is 272 g/mol. The molecule has 0 aliphatic carbocycles. The molecule has 2 heterocycles. The molecule has 0 spiro atoms. The van der Waals surface area contributed by atoms with E-state index >= 15 is 0 Å². The fourth-order valence-electron chi connectivity index (χ4n) is 3.06. The van der Waals surface area contributed by atoms with E-state index in [-0.39, 0.29) is 11.9 Å². The van der Waals surface area contributed by atoms with E-state index in [1.165, 1.54) is 5.56 Å². The molecule has 0 saturated carbocycles. The number of benzene rings is 1. The Kier molecular flexibility index (Phi) is 4.05. The summed E-state index contributed by atoms with van der Waals surface area (Å²) in [5, 5.41) is 0. The van der Waals surface area contributed by atoms with Crippen molar-refractivity contribution in [2.75, 3.05) is 11.4 Å². The van der Waals surface area contributed by atoms with Crippen molar-refractivity contribution in [3.05, 3.63) is 66.3 Å². The topological polar surface area (TPSA) is 32.7 Å². The van der Waals surface area contributed by atoms with Crippen molar-refractivity contribution in [1.82, 2.24) is 0 Å². The van der Waals surface area contributed by atoms with Crippen molar-refractivity contribution in [3.63, 3.8) is 0 Å². The summed E-state index contributed by atoms with van der Waals surface area (Å²) in [7, 11) is 0. The quantitative estimate of drug-likeness (QED) is 0.782. The van der Waals surface area contributed by atoms with Crippen LogP contribution in [0, 0.1) is 0 Å². The van der Waals surface area contributed by atoms with Gasteiger partial charge in [-0.15, -0.1) is 0 Å². The third-order valence-corrected chi connectivity index (χ3v) is 4.08. The third kappa shape index (κ3) is 2.54. The van der Waals surface area contributed by atoms with Crippen molar-refractivity contribution in [2.24, 2.45) is 4.99 Å². The summed E-state index contributed by atoms with van der Waals surface area (Å²) in [4.78, 5) is 19.1. The minimum absolute atomic E-state index is 0.108. The fourth-order valence-corrected chi connectivity index (χ4v) is 3.06. The van der Waals surface area contributed by atoms with Crippen LogP contribution in [-0.4, -0.2) is 24.2 Å². The van der Waals surface area contributed by atoms with Gasteiger partial charge < -0.3 is 4.90 Å². The normalized spacial score (nSPS) is 20.4. The molecule has 1 aromatic carbocycles. The van der Waals surface area contributed by atoms with Crippen molar-refractivity contribution in [1.29, 1.82) is 0 Å². The first kappa shape index (κ1) is 14.5. The van der Waals surface area contributed by atoms with Gasteiger partial charge in [-0.3, -0.25) is 9.79 Å². The highest BCUT2D eigenvalue weighted by atomic mass is 16.2. The van der Waals surface area contributed by atoms with E-state index in [0.717, 1.165) is 36.3 Å². The SMILES string of the molecule is C=C/C=C\C=C/CC1=NC(C)C(=O)N2CCc3cccc1c32. The standard InChI is InChI=1S/C19H20N2O/c1-3-4-5-6-7-11-17-16-10-8-9-15-12-13-21(18(15)16)19(22)14(2)20-17/h3-10,14H,1,11-13H2,2H3/b5-4-,7-6-. The molecule has 0 N–H and O–H groups in total. The minimum Gasteiger partial charge on any atom is -0.309 e. The zero-order valence-electron chi connectivity index (χ0n) is 12.8. The lowest BCUT2D eigenvalue weighted by Gasteiger charge is -2.18. The number of amides is 1. The van der Waals surface area contributed by atoms with Gasteiger partial charge in [0.1, 0.15) is 6.04 Å². The van der Waals surface area contributed by atoms with Crippen molar-refractivity contribution in [2.45, 2.75) is 25.8 Å². The van der Waals surface area contributed by atoms with Gasteiger partial charge in [-0.2, -0.15) is 0 Å². The van der Waals surface area contributed by atoms with Gasteiger partial charge in [-0.25, -0.2) is 0 Å². The molecule has 0 aromatic heterocycles. The van der Waals surface area contributed by atoms with E-state index < -0.39 is 0 Å². The summed E-state index contributed by atoms with van der Waals surface area (Å²) < 4.78 is 0. The number of allylic oxidation sites excluding steroid dienone is 5. The van der Waals surface area contributed by atoms with Gasteiger partial charge in [-0.05, 0) is 18.9 Å². The van der Waals surface area contributed by atoms with E-state index in [0.29, 0.717) is 0 Å². The van der Waals surface area contributed by atoms with Gasteiger partial charge in [-0.1, -0.05) is 55.2 Å². The van der Waals surface area contributed by atoms with E-state index in [4.69, 9.17) is 0 Å². The zero-order valence-corrected chi connectivity index (χ0v) is 12.8. The lowest BCUT2D eigenvalue weighted by atomic mass is 10.0. The Morgan fingerprint density at radius 3 is 3.05 bits per heavy atom.